The molecule has 1 atom stereocenters. The maximum absolute atomic E-state index is 13.5. The van der Waals surface area contributed by atoms with Crippen LogP contribution in [0.1, 0.15) is 24.5 Å². The molecule has 1 unspecified atom stereocenters. The third-order valence-corrected chi connectivity index (χ3v) is 3.69. The lowest BCUT2D eigenvalue weighted by Crippen LogP contribution is -2.21. The highest BCUT2D eigenvalue weighted by molar-refractivity contribution is 6.32. The van der Waals surface area contributed by atoms with Crippen molar-refractivity contribution in [2.75, 3.05) is 0 Å². The standard InChI is InChI=1S/C17H19ClFNO/c1-3-13(20)8-12-5-7-17(15(18)9-12)21-14-6-4-11(2)16(19)10-14/h4-7,9-10,13H,3,8,20H2,1-2H3. The average Bonchev–Trinajstić information content (AvgIpc) is 2.45. The Morgan fingerprint density at radius 3 is 2.62 bits per heavy atom. The van der Waals surface area contributed by atoms with Gasteiger partial charge in [0.15, 0.2) is 0 Å². The molecule has 0 saturated heterocycles. The summed E-state index contributed by atoms with van der Waals surface area (Å²) in [6, 6.07) is 10.4. The van der Waals surface area contributed by atoms with Crippen molar-refractivity contribution in [3.05, 3.63) is 58.4 Å². The molecule has 2 rings (SSSR count). The van der Waals surface area contributed by atoms with Crippen molar-refractivity contribution < 1.29 is 9.13 Å². The summed E-state index contributed by atoms with van der Waals surface area (Å²) in [6.07, 6.45) is 1.69. The Morgan fingerprint density at radius 2 is 2.00 bits per heavy atom. The molecule has 0 aliphatic heterocycles. The number of benzene rings is 2. The summed E-state index contributed by atoms with van der Waals surface area (Å²) in [6.45, 7) is 3.76. The van der Waals surface area contributed by atoms with Gasteiger partial charge in [-0.25, -0.2) is 4.39 Å². The van der Waals surface area contributed by atoms with Gasteiger partial charge in [-0.05, 0) is 49.1 Å². The maximum Gasteiger partial charge on any atom is 0.146 e. The van der Waals surface area contributed by atoms with E-state index in [9.17, 15) is 4.39 Å². The fourth-order valence-electron chi connectivity index (χ4n) is 1.97. The van der Waals surface area contributed by atoms with Crippen molar-refractivity contribution in [1.29, 1.82) is 0 Å². The Balaban J connectivity index is 2.15. The SMILES string of the molecule is CCC(N)Cc1ccc(Oc2ccc(C)c(F)c2)c(Cl)c1. The zero-order valence-electron chi connectivity index (χ0n) is 12.2. The number of rotatable bonds is 5. The van der Waals surface area contributed by atoms with E-state index in [2.05, 4.69) is 6.92 Å². The van der Waals surface area contributed by atoms with Crippen LogP contribution in [0, 0.1) is 12.7 Å². The van der Waals surface area contributed by atoms with Gasteiger partial charge in [0.1, 0.15) is 17.3 Å². The normalized spacial score (nSPS) is 12.2. The molecular formula is C17H19ClFNO. The monoisotopic (exact) mass is 307 g/mol. The Hall–Kier alpha value is -1.58. The molecule has 0 fully saturated rings. The second kappa shape index (κ2) is 6.92. The van der Waals surface area contributed by atoms with Crippen LogP contribution in [0.25, 0.3) is 0 Å². The van der Waals surface area contributed by atoms with Crippen molar-refractivity contribution in [3.63, 3.8) is 0 Å². The van der Waals surface area contributed by atoms with Gasteiger partial charge < -0.3 is 10.5 Å². The number of hydrogen-bond acceptors (Lipinski definition) is 2. The molecule has 0 spiro atoms. The van der Waals surface area contributed by atoms with Gasteiger partial charge in [0.25, 0.3) is 0 Å². The number of hydrogen-bond donors (Lipinski definition) is 1. The maximum atomic E-state index is 13.5. The Bertz CT molecular complexity index is 630. The van der Waals surface area contributed by atoms with Crippen LogP contribution in [0.2, 0.25) is 5.02 Å². The van der Waals surface area contributed by atoms with Crippen molar-refractivity contribution in [2.24, 2.45) is 5.73 Å². The van der Waals surface area contributed by atoms with E-state index in [0.29, 0.717) is 22.1 Å². The largest absolute Gasteiger partial charge is 0.456 e. The zero-order valence-corrected chi connectivity index (χ0v) is 13.0. The van der Waals surface area contributed by atoms with E-state index in [1.54, 1.807) is 25.1 Å². The molecule has 0 aliphatic rings. The highest BCUT2D eigenvalue weighted by Crippen LogP contribution is 2.31. The first-order valence-corrected chi connectivity index (χ1v) is 7.35. The molecule has 0 aliphatic carbocycles. The lowest BCUT2D eigenvalue weighted by molar-refractivity contribution is 0.476. The quantitative estimate of drug-likeness (QED) is 0.856. The minimum Gasteiger partial charge on any atom is -0.456 e. The molecule has 112 valence electrons. The molecule has 2 aromatic rings. The van der Waals surface area contributed by atoms with E-state index in [1.807, 2.05) is 12.1 Å². The van der Waals surface area contributed by atoms with Crippen LogP contribution < -0.4 is 10.5 Å². The molecule has 0 aromatic heterocycles. The second-order valence-corrected chi connectivity index (χ2v) is 5.56. The van der Waals surface area contributed by atoms with Gasteiger partial charge in [0.05, 0.1) is 5.02 Å². The summed E-state index contributed by atoms with van der Waals surface area (Å²) in [7, 11) is 0. The lowest BCUT2D eigenvalue weighted by atomic mass is 10.0. The molecule has 0 radical (unpaired) electrons. The van der Waals surface area contributed by atoms with E-state index in [-0.39, 0.29) is 11.9 Å². The van der Waals surface area contributed by atoms with Crippen LogP contribution in [0.4, 0.5) is 4.39 Å². The number of ether oxygens (including phenoxy) is 1. The first-order chi connectivity index (χ1) is 9.99. The van der Waals surface area contributed by atoms with Crippen molar-refractivity contribution >= 4 is 11.6 Å². The van der Waals surface area contributed by atoms with E-state index in [1.165, 1.54) is 6.07 Å². The Labute approximate surface area is 129 Å². The predicted molar refractivity (Wildman–Crippen MR) is 84.6 cm³/mol. The lowest BCUT2D eigenvalue weighted by Gasteiger charge is -2.12. The van der Waals surface area contributed by atoms with Gasteiger partial charge >= 0.3 is 0 Å². The molecule has 4 heteroatoms. The summed E-state index contributed by atoms with van der Waals surface area (Å²) in [4.78, 5) is 0. The summed E-state index contributed by atoms with van der Waals surface area (Å²) in [5.74, 6) is 0.640. The van der Waals surface area contributed by atoms with Crippen molar-refractivity contribution in [2.45, 2.75) is 32.7 Å². The summed E-state index contributed by atoms with van der Waals surface area (Å²) < 4.78 is 19.1. The summed E-state index contributed by atoms with van der Waals surface area (Å²) >= 11 is 6.22. The van der Waals surface area contributed by atoms with Crippen LogP contribution in [-0.4, -0.2) is 6.04 Å². The van der Waals surface area contributed by atoms with Gasteiger partial charge in [-0.15, -0.1) is 0 Å². The van der Waals surface area contributed by atoms with E-state index < -0.39 is 0 Å². The molecular weight excluding hydrogens is 289 g/mol. The van der Waals surface area contributed by atoms with Gasteiger partial charge in [0, 0.05) is 12.1 Å². The molecule has 21 heavy (non-hydrogen) atoms. The highest BCUT2D eigenvalue weighted by atomic mass is 35.5. The van der Waals surface area contributed by atoms with Gasteiger partial charge in [0.2, 0.25) is 0 Å². The topological polar surface area (TPSA) is 35.2 Å². The minimum atomic E-state index is -0.297. The number of nitrogens with two attached hydrogens (primary N) is 1. The summed E-state index contributed by atoms with van der Waals surface area (Å²) in [5.41, 5.74) is 7.58. The van der Waals surface area contributed by atoms with Gasteiger partial charge in [-0.3, -0.25) is 0 Å². The van der Waals surface area contributed by atoms with Gasteiger partial charge in [-0.1, -0.05) is 30.7 Å². The first kappa shape index (κ1) is 15.8. The third kappa shape index (κ3) is 4.19. The van der Waals surface area contributed by atoms with Crippen molar-refractivity contribution in [3.8, 4) is 11.5 Å². The molecule has 0 heterocycles. The highest BCUT2D eigenvalue weighted by Gasteiger charge is 2.08. The Kier molecular flexibility index (Phi) is 5.21. The fourth-order valence-corrected chi connectivity index (χ4v) is 2.21. The van der Waals surface area contributed by atoms with Crippen LogP contribution in [0.3, 0.4) is 0 Å². The number of halogens is 2. The smallest absolute Gasteiger partial charge is 0.146 e. The molecule has 2 aromatic carbocycles. The zero-order chi connectivity index (χ0) is 15.4. The molecule has 0 bridgehead atoms. The van der Waals surface area contributed by atoms with E-state index in [4.69, 9.17) is 22.1 Å². The van der Waals surface area contributed by atoms with Crippen LogP contribution >= 0.6 is 11.6 Å². The predicted octanol–water partition coefficient (Wildman–Crippen LogP) is 4.86. The van der Waals surface area contributed by atoms with Crippen LogP contribution in [0.15, 0.2) is 36.4 Å². The first-order valence-electron chi connectivity index (χ1n) is 6.97. The molecule has 2 N–H and O–H groups in total. The average molecular weight is 308 g/mol. The molecule has 0 saturated carbocycles. The molecule has 0 amide bonds. The van der Waals surface area contributed by atoms with Crippen molar-refractivity contribution in [1.82, 2.24) is 0 Å². The van der Waals surface area contributed by atoms with E-state index in [0.717, 1.165) is 18.4 Å². The Morgan fingerprint density at radius 1 is 1.24 bits per heavy atom. The fraction of sp³-hybridized carbons (Fsp3) is 0.294. The van der Waals surface area contributed by atoms with E-state index >= 15 is 0 Å². The van der Waals surface area contributed by atoms with Crippen LogP contribution in [-0.2, 0) is 6.42 Å². The second-order valence-electron chi connectivity index (χ2n) is 5.15. The minimum absolute atomic E-state index is 0.124. The third-order valence-electron chi connectivity index (χ3n) is 3.39. The summed E-state index contributed by atoms with van der Waals surface area (Å²) in [5, 5.41) is 0.497. The number of aryl methyl sites for hydroxylation is 1. The van der Waals surface area contributed by atoms with Crippen LogP contribution in [0.5, 0.6) is 11.5 Å². The molecule has 2 nitrogen and oxygen atoms in total. The van der Waals surface area contributed by atoms with Gasteiger partial charge in [-0.2, -0.15) is 0 Å².